The van der Waals surface area contributed by atoms with Gasteiger partial charge >= 0.3 is 11.4 Å². The molecule has 0 bridgehead atoms. The van der Waals surface area contributed by atoms with E-state index in [9.17, 15) is 4.21 Å². The molecule has 1 heterocycles. The van der Waals surface area contributed by atoms with Crippen molar-refractivity contribution in [3.05, 3.63) is 28.8 Å². The fourth-order valence-electron chi connectivity index (χ4n) is 1.94. The van der Waals surface area contributed by atoms with Gasteiger partial charge in [-0.3, -0.25) is 8.37 Å². The molecule has 2 rings (SSSR count). The number of aryl methyl sites for hydroxylation is 3. The van der Waals surface area contributed by atoms with Crippen LogP contribution >= 0.6 is 0 Å². The lowest BCUT2D eigenvalue weighted by Gasteiger charge is -2.14. The largest absolute Gasteiger partial charge is 0.490 e. The third-order valence-electron chi connectivity index (χ3n) is 2.58. The van der Waals surface area contributed by atoms with E-state index < -0.39 is 11.4 Å². The van der Waals surface area contributed by atoms with Gasteiger partial charge in [0.2, 0.25) is 0 Å². The average molecular weight is 256 g/mol. The summed E-state index contributed by atoms with van der Waals surface area (Å²) in [5, 5.41) is 0. The average Bonchev–Trinajstić information content (AvgIpc) is 2.62. The molecule has 1 fully saturated rings. The maximum atomic E-state index is 10.9. The minimum absolute atomic E-state index is 0.254. The monoisotopic (exact) mass is 256 g/mol. The molecule has 1 aromatic carbocycles. The van der Waals surface area contributed by atoms with Gasteiger partial charge in [-0.25, -0.2) is 0 Å². The smallest absolute Gasteiger partial charge is 0.305 e. The van der Waals surface area contributed by atoms with Crippen LogP contribution in [0.2, 0.25) is 0 Å². The van der Waals surface area contributed by atoms with E-state index in [0.29, 0.717) is 13.2 Å². The van der Waals surface area contributed by atoms with Crippen LogP contribution in [-0.4, -0.2) is 23.5 Å². The van der Waals surface area contributed by atoms with Crippen molar-refractivity contribution in [3.63, 3.8) is 0 Å². The third kappa shape index (κ3) is 3.06. The Morgan fingerprint density at radius 2 is 2.00 bits per heavy atom. The van der Waals surface area contributed by atoms with Gasteiger partial charge in [0.05, 0.1) is 6.61 Å². The molecule has 0 spiro atoms. The molecular weight excluding hydrogens is 240 g/mol. The van der Waals surface area contributed by atoms with Crippen LogP contribution in [0.3, 0.4) is 0 Å². The molecular formula is C12H16O4S. The van der Waals surface area contributed by atoms with Crippen LogP contribution in [0.1, 0.15) is 16.7 Å². The standard InChI is InChI=1S/C12H16O4S/c1-8-4-9(2)12(10(3)5-8)14-6-11-7-15-17(13)16-11/h4-5,11H,6-7H2,1-3H3. The number of hydrogen-bond donors (Lipinski definition) is 0. The molecule has 17 heavy (non-hydrogen) atoms. The minimum atomic E-state index is -1.61. The van der Waals surface area contributed by atoms with E-state index in [1.807, 2.05) is 13.8 Å². The van der Waals surface area contributed by atoms with Gasteiger partial charge in [-0.1, -0.05) is 17.7 Å². The Kier molecular flexibility index (Phi) is 3.81. The summed E-state index contributed by atoms with van der Waals surface area (Å²) >= 11 is -1.61. The first-order valence-corrected chi connectivity index (χ1v) is 6.49. The molecule has 0 aliphatic carbocycles. The van der Waals surface area contributed by atoms with Gasteiger partial charge < -0.3 is 4.74 Å². The predicted molar refractivity (Wildman–Crippen MR) is 65.1 cm³/mol. The summed E-state index contributed by atoms with van der Waals surface area (Å²) in [6, 6.07) is 4.15. The molecule has 0 aromatic heterocycles. The fourth-order valence-corrected chi connectivity index (χ4v) is 2.60. The van der Waals surface area contributed by atoms with Crippen LogP contribution in [0.4, 0.5) is 0 Å². The van der Waals surface area contributed by atoms with E-state index in [0.717, 1.165) is 16.9 Å². The van der Waals surface area contributed by atoms with Crippen molar-refractivity contribution in [1.29, 1.82) is 0 Å². The highest BCUT2D eigenvalue weighted by atomic mass is 32.2. The van der Waals surface area contributed by atoms with Crippen molar-refractivity contribution >= 4 is 11.4 Å². The molecule has 1 aliphatic rings. The van der Waals surface area contributed by atoms with Gasteiger partial charge in [-0.15, -0.1) is 0 Å². The van der Waals surface area contributed by atoms with Gasteiger partial charge in [-0.05, 0) is 31.9 Å². The second-order valence-corrected chi connectivity index (χ2v) is 5.08. The Bertz CT molecular complexity index is 421. The number of benzene rings is 1. The van der Waals surface area contributed by atoms with Crippen LogP contribution in [-0.2, 0) is 19.7 Å². The first-order chi connectivity index (χ1) is 8.06. The Morgan fingerprint density at radius 3 is 2.53 bits per heavy atom. The lowest BCUT2D eigenvalue weighted by atomic mass is 10.1. The van der Waals surface area contributed by atoms with Gasteiger partial charge in [0, 0.05) is 0 Å². The topological polar surface area (TPSA) is 44.8 Å². The van der Waals surface area contributed by atoms with Crippen LogP contribution < -0.4 is 4.74 Å². The van der Waals surface area contributed by atoms with E-state index in [4.69, 9.17) is 13.1 Å². The van der Waals surface area contributed by atoms with Crippen LogP contribution in [0.15, 0.2) is 12.1 Å². The second-order valence-electron chi connectivity index (χ2n) is 4.25. The van der Waals surface area contributed by atoms with Gasteiger partial charge in [0.1, 0.15) is 18.5 Å². The molecule has 1 aromatic rings. The molecule has 0 amide bonds. The van der Waals surface area contributed by atoms with Crippen molar-refractivity contribution < 1.29 is 17.3 Å². The first kappa shape index (κ1) is 12.5. The highest BCUT2D eigenvalue weighted by Gasteiger charge is 2.24. The second kappa shape index (κ2) is 5.16. The minimum Gasteiger partial charge on any atom is -0.490 e. The molecule has 0 radical (unpaired) electrons. The summed E-state index contributed by atoms with van der Waals surface area (Å²) in [7, 11) is 0. The number of rotatable bonds is 3. The fraction of sp³-hybridized carbons (Fsp3) is 0.500. The third-order valence-corrected chi connectivity index (χ3v) is 3.34. The van der Waals surface area contributed by atoms with Crippen molar-refractivity contribution in [2.45, 2.75) is 26.9 Å². The summed E-state index contributed by atoms with van der Waals surface area (Å²) in [5.41, 5.74) is 3.42. The van der Waals surface area contributed by atoms with E-state index in [1.165, 1.54) is 5.56 Å². The van der Waals surface area contributed by atoms with Crippen LogP contribution in [0, 0.1) is 20.8 Å². The molecule has 0 N–H and O–H groups in total. The lowest BCUT2D eigenvalue weighted by molar-refractivity contribution is 0.150. The summed E-state index contributed by atoms with van der Waals surface area (Å²) in [6.07, 6.45) is -0.254. The normalized spacial score (nSPS) is 23.9. The maximum Gasteiger partial charge on any atom is 0.305 e. The van der Waals surface area contributed by atoms with Crippen LogP contribution in [0.5, 0.6) is 5.75 Å². The van der Waals surface area contributed by atoms with Gasteiger partial charge in [0.15, 0.2) is 0 Å². The number of ether oxygens (including phenoxy) is 1. The Morgan fingerprint density at radius 1 is 1.35 bits per heavy atom. The van der Waals surface area contributed by atoms with Crippen molar-refractivity contribution in [3.8, 4) is 5.75 Å². The zero-order valence-electron chi connectivity index (χ0n) is 10.2. The van der Waals surface area contributed by atoms with Crippen molar-refractivity contribution in [1.82, 2.24) is 0 Å². The Hall–Kier alpha value is -0.910. The summed E-state index contributed by atoms with van der Waals surface area (Å²) in [6.45, 7) is 6.76. The maximum absolute atomic E-state index is 10.9. The summed E-state index contributed by atoms with van der Waals surface area (Å²) in [5.74, 6) is 0.872. The Labute approximate surface area is 104 Å². The van der Waals surface area contributed by atoms with E-state index >= 15 is 0 Å². The SMILES string of the molecule is Cc1cc(C)c(OCC2COS(=O)O2)c(C)c1. The van der Waals surface area contributed by atoms with E-state index in [1.54, 1.807) is 0 Å². The zero-order chi connectivity index (χ0) is 12.4. The van der Waals surface area contributed by atoms with Crippen molar-refractivity contribution in [2.24, 2.45) is 0 Å². The molecule has 1 saturated heterocycles. The summed E-state index contributed by atoms with van der Waals surface area (Å²) in [4.78, 5) is 0. The van der Waals surface area contributed by atoms with E-state index in [2.05, 4.69) is 19.1 Å². The Balaban J connectivity index is 2.01. The van der Waals surface area contributed by atoms with Gasteiger partial charge in [0.25, 0.3) is 0 Å². The van der Waals surface area contributed by atoms with E-state index in [-0.39, 0.29) is 6.10 Å². The molecule has 5 heteroatoms. The van der Waals surface area contributed by atoms with Gasteiger partial charge in [-0.2, -0.15) is 4.21 Å². The zero-order valence-corrected chi connectivity index (χ0v) is 11.0. The lowest BCUT2D eigenvalue weighted by Crippen LogP contribution is -2.20. The first-order valence-electron chi connectivity index (χ1n) is 5.49. The highest BCUT2D eigenvalue weighted by molar-refractivity contribution is 7.75. The summed E-state index contributed by atoms with van der Waals surface area (Å²) < 4.78 is 26.4. The molecule has 4 nitrogen and oxygen atoms in total. The van der Waals surface area contributed by atoms with Crippen LogP contribution in [0.25, 0.3) is 0 Å². The predicted octanol–water partition coefficient (Wildman–Crippen LogP) is 1.98. The molecule has 0 saturated carbocycles. The number of hydrogen-bond acceptors (Lipinski definition) is 4. The quantitative estimate of drug-likeness (QED) is 0.829. The highest BCUT2D eigenvalue weighted by Crippen LogP contribution is 2.25. The molecule has 94 valence electrons. The molecule has 2 atom stereocenters. The molecule has 2 unspecified atom stereocenters. The van der Waals surface area contributed by atoms with Crippen molar-refractivity contribution in [2.75, 3.05) is 13.2 Å². The molecule has 1 aliphatic heterocycles.